The van der Waals surface area contributed by atoms with Crippen molar-refractivity contribution < 1.29 is 9.59 Å². The van der Waals surface area contributed by atoms with Crippen LogP contribution in [0.25, 0.3) is 0 Å². The van der Waals surface area contributed by atoms with E-state index >= 15 is 0 Å². The Morgan fingerprint density at radius 2 is 1.47 bits per heavy atom. The zero-order valence-corrected chi connectivity index (χ0v) is 20.4. The smallest absolute Gasteiger partial charge is 0.243 e. The highest BCUT2D eigenvalue weighted by molar-refractivity contribution is 5.88. The van der Waals surface area contributed by atoms with E-state index in [0.717, 1.165) is 18.4 Å². The van der Waals surface area contributed by atoms with Gasteiger partial charge in [0, 0.05) is 19.0 Å². The first-order valence-electron chi connectivity index (χ1n) is 12.1. The summed E-state index contributed by atoms with van der Waals surface area (Å²) in [6.07, 6.45) is 3.30. The molecule has 32 heavy (non-hydrogen) atoms. The molecule has 2 aromatic carbocycles. The Balaban J connectivity index is 2.11. The standard InChI is InChI=1S/C28H40N2O2/c1-6-22(5)29-28(32)26(7-2)30(20-19-23-11-9-8-10-12-23)27(31)18-15-24-13-16-25(17-14-24)21(3)4/h8-14,16-17,21-22,26H,6-7,15,18-20H2,1-5H3,(H,29,32)/t22-,26+/m0/s1. The third kappa shape index (κ3) is 7.81. The van der Waals surface area contributed by atoms with Crippen LogP contribution in [0.2, 0.25) is 0 Å². The molecule has 2 aromatic rings. The Bertz CT molecular complexity index is 830. The van der Waals surface area contributed by atoms with Crippen LogP contribution in [-0.2, 0) is 22.4 Å². The molecule has 1 N–H and O–H groups in total. The average molecular weight is 437 g/mol. The van der Waals surface area contributed by atoms with E-state index in [0.29, 0.717) is 31.7 Å². The van der Waals surface area contributed by atoms with Crippen molar-refractivity contribution >= 4 is 11.8 Å². The lowest BCUT2D eigenvalue weighted by molar-refractivity contribution is -0.141. The number of rotatable bonds is 12. The molecule has 4 heteroatoms. The Hall–Kier alpha value is -2.62. The third-order valence-electron chi connectivity index (χ3n) is 6.15. The van der Waals surface area contributed by atoms with Gasteiger partial charge in [0.1, 0.15) is 6.04 Å². The molecule has 0 aliphatic heterocycles. The zero-order valence-electron chi connectivity index (χ0n) is 20.4. The van der Waals surface area contributed by atoms with Crippen LogP contribution < -0.4 is 5.32 Å². The minimum Gasteiger partial charge on any atom is -0.352 e. The van der Waals surface area contributed by atoms with Gasteiger partial charge in [-0.2, -0.15) is 0 Å². The molecule has 0 saturated heterocycles. The molecule has 0 heterocycles. The summed E-state index contributed by atoms with van der Waals surface area (Å²) in [6.45, 7) is 10.9. The number of amides is 2. The largest absolute Gasteiger partial charge is 0.352 e. The second-order valence-electron chi connectivity index (χ2n) is 8.96. The highest BCUT2D eigenvalue weighted by Gasteiger charge is 2.28. The fourth-order valence-electron chi connectivity index (χ4n) is 3.80. The molecule has 2 atom stereocenters. The van der Waals surface area contributed by atoms with Crippen molar-refractivity contribution in [2.75, 3.05) is 6.54 Å². The van der Waals surface area contributed by atoms with Crippen LogP contribution in [0.5, 0.6) is 0 Å². The molecule has 0 spiro atoms. The molecule has 0 aromatic heterocycles. The van der Waals surface area contributed by atoms with E-state index in [2.05, 4.69) is 62.5 Å². The summed E-state index contributed by atoms with van der Waals surface area (Å²) >= 11 is 0. The molecule has 0 radical (unpaired) electrons. The van der Waals surface area contributed by atoms with Crippen LogP contribution >= 0.6 is 0 Å². The van der Waals surface area contributed by atoms with Crippen LogP contribution in [0, 0.1) is 0 Å². The van der Waals surface area contributed by atoms with E-state index < -0.39 is 6.04 Å². The fourth-order valence-corrected chi connectivity index (χ4v) is 3.80. The van der Waals surface area contributed by atoms with E-state index in [1.54, 1.807) is 4.90 Å². The van der Waals surface area contributed by atoms with Crippen molar-refractivity contribution in [3.8, 4) is 0 Å². The van der Waals surface area contributed by atoms with Crippen molar-refractivity contribution in [1.82, 2.24) is 10.2 Å². The van der Waals surface area contributed by atoms with Crippen molar-refractivity contribution in [3.63, 3.8) is 0 Å². The van der Waals surface area contributed by atoms with Gasteiger partial charge in [-0.25, -0.2) is 0 Å². The Morgan fingerprint density at radius 3 is 2.03 bits per heavy atom. The molecule has 4 nitrogen and oxygen atoms in total. The molecule has 0 saturated carbocycles. The molecule has 0 fully saturated rings. The maximum Gasteiger partial charge on any atom is 0.243 e. The second kappa shape index (κ2) is 13.0. The SMILES string of the molecule is CC[C@H](C(=O)N[C@@H](C)CC)N(CCc1ccccc1)C(=O)CCc1ccc(C(C)C)cc1. The van der Waals surface area contributed by atoms with Crippen molar-refractivity contribution in [2.24, 2.45) is 0 Å². The van der Waals surface area contributed by atoms with Crippen LogP contribution in [0.1, 0.15) is 76.5 Å². The van der Waals surface area contributed by atoms with Gasteiger partial charge in [0.2, 0.25) is 11.8 Å². The maximum absolute atomic E-state index is 13.3. The lowest BCUT2D eigenvalue weighted by atomic mass is 10.00. The van der Waals surface area contributed by atoms with Gasteiger partial charge in [0.15, 0.2) is 0 Å². The number of carbonyl (C=O) groups is 2. The van der Waals surface area contributed by atoms with Crippen LogP contribution in [0.15, 0.2) is 54.6 Å². The number of hydrogen-bond donors (Lipinski definition) is 1. The van der Waals surface area contributed by atoms with Gasteiger partial charge in [-0.3, -0.25) is 9.59 Å². The van der Waals surface area contributed by atoms with E-state index in [1.165, 1.54) is 11.1 Å². The van der Waals surface area contributed by atoms with Crippen LogP contribution in [0.4, 0.5) is 0 Å². The normalized spacial score (nSPS) is 12.9. The van der Waals surface area contributed by atoms with Gasteiger partial charge in [-0.15, -0.1) is 0 Å². The molecule has 0 aliphatic carbocycles. The van der Waals surface area contributed by atoms with E-state index in [4.69, 9.17) is 0 Å². The topological polar surface area (TPSA) is 49.4 Å². The molecule has 0 aliphatic rings. The van der Waals surface area contributed by atoms with Crippen molar-refractivity contribution in [1.29, 1.82) is 0 Å². The highest BCUT2D eigenvalue weighted by Crippen LogP contribution is 2.17. The van der Waals surface area contributed by atoms with Crippen LogP contribution in [0.3, 0.4) is 0 Å². The second-order valence-corrected chi connectivity index (χ2v) is 8.96. The molecule has 174 valence electrons. The summed E-state index contributed by atoms with van der Waals surface area (Å²) in [5, 5.41) is 3.07. The highest BCUT2D eigenvalue weighted by atomic mass is 16.2. The number of hydrogen-bond acceptors (Lipinski definition) is 2. The van der Waals surface area contributed by atoms with Gasteiger partial charge in [0.05, 0.1) is 0 Å². The first kappa shape index (κ1) is 25.6. The van der Waals surface area contributed by atoms with Gasteiger partial charge in [0.25, 0.3) is 0 Å². The summed E-state index contributed by atoms with van der Waals surface area (Å²) in [7, 11) is 0. The van der Waals surface area contributed by atoms with Crippen molar-refractivity contribution in [2.45, 2.75) is 84.7 Å². The molecule has 0 unspecified atom stereocenters. The van der Waals surface area contributed by atoms with E-state index in [1.807, 2.05) is 32.0 Å². The van der Waals surface area contributed by atoms with Gasteiger partial charge in [-0.05, 0) is 55.2 Å². The van der Waals surface area contributed by atoms with E-state index in [9.17, 15) is 9.59 Å². The molecular weight excluding hydrogens is 396 g/mol. The zero-order chi connectivity index (χ0) is 23.5. The molecule has 0 bridgehead atoms. The summed E-state index contributed by atoms with van der Waals surface area (Å²) in [4.78, 5) is 28.1. The number of benzene rings is 2. The Morgan fingerprint density at radius 1 is 0.844 bits per heavy atom. The predicted molar refractivity (Wildman–Crippen MR) is 133 cm³/mol. The van der Waals surface area contributed by atoms with Gasteiger partial charge < -0.3 is 10.2 Å². The average Bonchev–Trinajstić information content (AvgIpc) is 2.80. The summed E-state index contributed by atoms with van der Waals surface area (Å²) in [6, 6.07) is 18.3. The maximum atomic E-state index is 13.3. The summed E-state index contributed by atoms with van der Waals surface area (Å²) < 4.78 is 0. The Labute approximate surface area is 194 Å². The first-order valence-corrected chi connectivity index (χ1v) is 12.1. The third-order valence-corrected chi connectivity index (χ3v) is 6.15. The van der Waals surface area contributed by atoms with Gasteiger partial charge >= 0.3 is 0 Å². The summed E-state index contributed by atoms with van der Waals surface area (Å²) in [5.41, 5.74) is 3.63. The lowest BCUT2D eigenvalue weighted by Gasteiger charge is -2.31. The van der Waals surface area contributed by atoms with Crippen molar-refractivity contribution in [3.05, 3.63) is 71.3 Å². The molecule has 2 rings (SSSR count). The fraction of sp³-hybridized carbons (Fsp3) is 0.500. The number of aryl methyl sites for hydroxylation is 1. The Kier molecular flexibility index (Phi) is 10.5. The first-order chi connectivity index (χ1) is 15.3. The monoisotopic (exact) mass is 436 g/mol. The summed E-state index contributed by atoms with van der Waals surface area (Å²) in [5.74, 6) is 0.484. The number of nitrogens with one attached hydrogen (secondary N) is 1. The molecule has 2 amide bonds. The minimum absolute atomic E-state index is 0.0417. The number of carbonyl (C=O) groups excluding carboxylic acids is 2. The minimum atomic E-state index is -0.441. The van der Waals surface area contributed by atoms with Gasteiger partial charge in [-0.1, -0.05) is 82.3 Å². The van der Waals surface area contributed by atoms with Crippen LogP contribution in [-0.4, -0.2) is 35.3 Å². The number of nitrogens with zero attached hydrogens (tertiary/aromatic N) is 1. The lowest BCUT2D eigenvalue weighted by Crippen LogP contribution is -2.51. The van der Waals surface area contributed by atoms with E-state index in [-0.39, 0.29) is 17.9 Å². The molecular formula is C28H40N2O2. The predicted octanol–water partition coefficient (Wildman–Crippen LogP) is 5.51. The quantitative estimate of drug-likeness (QED) is 0.477.